The molecular formula is C21H25N5O3. The van der Waals surface area contributed by atoms with Crippen molar-refractivity contribution in [1.82, 2.24) is 14.8 Å². The first-order chi connectivity index (χ1) is 14.0. The zero-order valence-electron chi connectivity index (χ0n) is 16.4. The van der Waals surface area contributed by atoms with Gasteiger partial charge in [0.15, 0.2) is 0 Å². The number of urea groups is 1. The number of hydrogen-bond acceptors (Lipinski definition) is 5. The molecule has 1 aromatic carbocycles. The molecule has 2 aliphatic rings. The van der Waals surface area contributed by atoms with Gasteiger partial charge in [-0.2, -0.15) is 0 Å². The highest BCUT2D eigenvalue weighted by Crippen LogP contribution is 2.32. The van der Waals surface area contributed by atoms with Gasteiger partial charge in [-0.05, 0) is 23.5 Å². The smallest absolute Gasteiger partial charge is 0.321 e. The van der Waals surface area contributed by atoms with Crippen LogP contribution in [0, 0.1) is 11.8 Å². The van der Waals surface area contributed by atoms with Crippen molar-refractivity contribution in [2.75, 3.05) is 38.6 Å². The lowest BCUT2D eigenvalue weighted by atomic mass is 10.0. The second-order valence-corrected chi connectivity index (χ2v) is 7.68. The van der Waals surface area contributed by atoms with Crippen LogP contribution in [0.3, 0.4) is 0 Å². The molecule has 4 rings (SSSR count). The number of likely N-dealkylation sites (tertiary alicyclic amines) is 2. The number of nitrogens with two attached hydrogens (primary N) is 1. The first-order valence-electron chi connectivity index (χ1n) is 9.69. The average molecular weight is 395 g/mol. The number of ether oxygens (including phenoxy) is 1. The summed E-state index contributed by atoms with van der Waals surface area (Å²) in [6.07, 6.45) is 1.46. The van der Waals surface area contributed by atoms with Gasteiger partial charge < -0.3 is 20.7 Å². The number of amides is 3. The highest BCUT2D eigenvalue weighted by molar-refractivity contribution is 5.97. The van der Waals surface area contributed by atoms with Gasteiger partial charge in [-0.15, -0.1) is 0 Å². The van der Waals surface area contributed by atoms with E-state index in [0.717, 1.165) is 32.7 Å². The van der Waals surface area contributed by atoms with E-state index >= 15 is 0 Å². The first kappa shape index (κ1) is 19.2. The Morgan fingerprint density at radius 3 is 2.48 bits per heavy atom. The van der Waals surface area contributed by atoms with Crippen LogP contribution in [0.1, 0.15) is 15.9 Å². The molecule has 2 saturated heterocycles. The van der Waals surface area contributed by atoms with Crippen LogP contribution in [0.15, 0.2) is 42.6 Å². The summed E-state index contributed by atoms with van der Waals surface area (Å²) in [6, 6.07) is 11.8. The number of nitrogens with zero attached hydrogens (tertiary/aromatic N) is 3. The van der Waals surface area contributed by atoms with E-state index in [9.17, 15) is 9.59 Å². The molecule has 8 heteroatoms. The van der Waals surface area contributed by atoms with E-state index < -0.39 is 5.91 Å². The Kier molecular flexibility index (Phi) is 5.35. The molecule has 2 aromatic rings. The summed E-state index contributed by atoms with van der Waals surface area (Å²) in [5.41, 5.74) is 7.24. The minimum absolute atomic E-state index is 0.139. The lowest BCUT2D eigenvalue weighted by molar-refractivity contribution is 0.0996. The normalized spacial score (nSPS) is 21.1. The van der Waals surface area contributed by atoms with E-state index in [-0.39, 0.29) is 17.5 Å². The molecule has 3 amide bonds. The number of nitrogens with one attached hydrogen (secondary N) is 1. The Hall–Kier alpha value is -3.13. The van der Waals surface area contributed by atoms with Crippen LogP contribution < -0.4 is 15.8 Å². The predicted octanol–water partition coefficient (Wildman–Crippen LogP) is 1.78. The lowest BCUT2D eigenvalue weighted by Crippen LogP contribution is -2.36. The number of benzene rings is 1. The zero-order chi connectivity index (χ0) is 20.4. The molecule has 0 unspecified atom stereocenters. The topological polar surface area (TPSA) is 101 Å². The molecule has 1 aromatic heterocycles. The molecule has 0 radical (unpaired) electrons. The quantitative estimate of drug-likeness (QED) is 0.804. The number of carbonyl (C=O) groups excluding carboxylic acids is 2. The van der Waals surface area contributed by atoms with Crippen LogP contribution in [0.25, 0.3) is 0 Å². The predicted molar refractivity (Wildman–Crippen MR) is 109 cm³/mol. The van der Waals surface area contributed by atoms with Crippen LogP contribution in [0.2, 0.25) is 0 Å². The standard InChI is InChI=1S/C21H25N5O3/c1-29-20-18(19(22)27)7-17(8-23-20)24-21(28)26-12-15-10-25(11-16(15)13-26)9-14-5-3-2-4-6-14/h2-8,15-16H,9-13H2,1H3,(H2,22,27)(H,24,28)/t15-,16+. The number of pyridine rings is 1. The van der Waals surface area contributed by atoms with Crippen LogP contribution in [-0.2, 0) is 6.54 Å². The van der Waals surface area contributed by atoms with Gasteiger partial charge in [0.05, 0.1) is 19.0 Å². The van der Waals surface area contributed by atoms with Crippen LogP contribution in [0.4, 0.5) is 10.5 Å². The van der Waals surface area contributed by atoms with E-state index in [1.807, 2.05) is 11.0 Å². The van der Waals surface area contributed by atoms with Crippen molar-refractivity contribution in [1.29, 1.82) is 0 Å². The number of hydrogen-bond donors (Lipinski definition) is 2. The van der Waals surface area contributed by atoms with E-state index in [1.54, 1.807) is 0 Å². The highest BCUT2D eigenvalue weighted by Gasteiger charge is 2.41. The summed E-state index contributed by atoms with van der Waals surface area (Å²) in [4.78, 5) is 32.6. The lowest BCUT2D eigenvalue weighted by Gasteiger charge is -2.22. The van der Waals surface area contributed by atoms with Gasteiger partial charge >= 0.3 is 6.03 Å². The van der Waals surface area contributed by atoms with Crippen molar-refractivity contribution in [3.05, 3.63) is 53.7 Å². The summed E-state index contributed by atoms with van der Waals surface area (Å²) >= 11 is 0. The van der Waals surface area contributed by atoms with Crippen molar-refractivity contribution in [2.45, 2.75) is 6.54 Å². The Bertz CT molecular complexity index is 890. The molecular weight excluding hydrogens is 370 g/mol. The molecule has 2 aliphatic heterocycles. The van der Waals surface area contributed by atoms with Crippen molar-refractivity contribution >= 4 is 17.6 Å². The van der Waals surface area contributed by atoms with Gasteiger partial charge in [0.2, 0.25) is 5.88 Å². The molecule has 8 nitrogen and oxygen atoms in total. The van der Waals surface area contributed by atoms with Crippen LogP contribution >= 0.6 is 0 Å². The molecule has 2 fully saturated rings. The highest BCUT2D eigenvalue weighted by atomic mass is 16.5. The first-order valence-corrected chi connectivity index (χ1v) is 9.69. The maximum absolute atomic E-state index is 12.7. The maximum Gasteiger partial charge on any atom is 0.321 e. The number of anilines is 1. The largest absolute Gasteiger partial charge is 0.480 e. The molecule has 0 saturated carbocycles. The Labute approximate surface area is 169 Å². The van der Waals surface area contributed by atoms with Crippen molar-refractivity contribution in [3.8, 4) is 5.88 Å². The molecule has 0 spiro atoms. The molecule has 29 heavy (non-hydrogen) atoms. The summed E-state index contributed by atoms with van der Waals surface area (Å²) in [7, 11) is 1.41. The average Bonchev–Trinajstić information content (AvgIpc) is 3.27. The molecule has 0 bridgehead atoms. The van der Waals surface area contributed by atoms with Crippen LogP contribution in [-0.4, -0.2) is 60.0 Å². The second-order valence-electron chi connectivity index (χ2n) is 7.68. The number of primary amides is 1. The molecule has 3 N–H and O–H groups in total. The van der Waals surface area contributed by atoms with Gasteiger partial charge in [-0.1, -0.05) is 30.3 Å². The molecule has 152 valence electrons. The second kappa shape index (κ2) is 8.08. The van der Waals surface area contributed by atoms with E-state index in [0.29, 0.717) is 17.5 Å². The van der Waals surface area contributed by atoms with Gasteiger partial charge in [0, 0.05) is 32.7 Å². The van der Waals surface area contributed by atoms with Gasteiger partial charge in [0.25, 0.3) is 5.91 Å². The molecule has 2 atom stereocenters. The van der Waals surface area contributed by atoms with Gasteiger partial charge in [-0.25, -0.2) is 9.78 Å². The number of methoxy groups -OCH3 is 1. The summed E-state index contributed by atoms with van der Waals surface area (Å²) < 4.78 is 5.03. The fourth-order valence-corrected chi connectivity index (χ4v) is 4.29. The third kappa shape index (κ3) is 4.17. The summed E-state index contributed by atoms with van der Waals surface area (Å²) in [6.45, 7) is 4.41. The third-order valence-corrected chi connectivity index (χ3v) is 5.66. The van der Waals surface area contributed by atoms with Crippen molar-refractivity contribution < 1.29 is 14.3 Å². The number of rotatable bonds is 5. The third-order valence-electron chi connectivity index (χ3n) is 5.66. The molecule has 0 aliphatic carbocycles. The van der Waals surface area contributed by atoms with E-state index in [1.165, 1.54) is 24.9 Å². The monoisotopic (exact) mass is 395 g/mol. The number of carbonyl (C=O) groups is 2. The zero-order valence-corrected chi connectivity index (χ0v) is 16.4. The Morgan fingerprint density at radius 2 is 1.86 bits per heavy atom. The Balaban J connectivity index is 1.33. The molecule has 3 heterocycles. The SMILES string of the molecule is COc1ncc(NC(=O)N2C[C@H]3CN(Cc4ccccc4)C[C@H]3C2)cc1C(N)=O. The summed E-state index contributed by atoms with van der Waals surface area (Å²) in [5.74, 6) is 0.462. The fraction of sp³-hybridized carbons (Fsp3) is 0.381. The Morgan fingerprint density at radius 1 is 1.17 bits per heavy atom. The fourth-order valence-electron chi connectivity index (χ4n) is 4.29. The maximum atomic E-state index is 12.7. The van der Waals surface area contributed by atoms with E-state index in [2.05, 4.69) is 39.5 Å². The van der Waals surface area contributed by atoms with Crippen molar-refractivity contribution in [2.24, 2.45) is 17.6 Å². The number of fused-ring (bicyclic) bond motifs is 1. The van der Waals surface area contributed by atoms with Gasteiger partial charge in [-0.3, -0.25) is 9.69 Å². The minimum Gasteiger partial charge on any atom is -0.480 e. The van der Waals surface area contributed by atoms with E-state index in [4.69, 9.17) is 10.5 Å². The number of aromatic nitrogens is 1. The van der Waals surface area contributed by atoms with Crippen LogP contribution in [0.5, 0.6) is 5.88 Å². The van der Waals surface area contributed by atoms with Crippen molar-refractivity contribution in [3.63, 3.8) is 0 Å². The summed E-state index contributed by atoms with van der Waals surface area (Å²) in [5, 5.41) is 2.82. The minimum atomic E-state index is -0.653. The van der Waals surface area contributed by atoms with Gasteiger partial charge in [0.1, 0.15) is 5.56 Å².